The molecule has 0 unspecified atom stereocenters. The maximum absolute atomic E-state index is 14.1. The molecule has 4 rings (SSSR count). The molecule has 33 heavy (non-hydrogen) atoms. The number of carbonyl (C=O) groups excluding carboxylic acids is 3. The van der Waals surface area contributed by atoms with Crippen LogP contribution in [0.4, 0.5) is 14.9 Å². The van der Waals surface area contributed by atoms with Gasteiger partial charge in [0.15, 0.2) is 0 Å². The third kappa shape index (κ3) is 4.84. The summed E-state index contributed by atoms with van der Waals surface area (Å²) in [5, 5.41) is 0. The molecule has 2 heterocycles. The molecule has 0 bridgehead atoms. The zero-order chi connectivity index (χ0) is 23.8. The van der Waals surface area contributed by atoms with E-state index in [-0.39, 0.29) is 34.6 Å². The number of carbonyl (C=O) groups is 3. The first-order chi connectivity index (χ1) is 15.6. The number of piperidine rings is 1. The van der Waals surface area contributed by atoms with E-state index >= 15 is 0 Å². The van der Waals surface area contributed by atoms with E-state index in [0.717, 1.165) is 23.8 Å². The number of benzene rings is 2. The second-order valence-electron chi connectivity index (χ2n) is 9.33. The molecule has 0 N–H and O–H groups in total. The lowest BCUT2D eigenvalue weighted by Crippen LogP contribution is -2.42. The van der Waals surface area contributed by atoms with Crippen molar-refractivity contribution >= 4 is 23.6 Å². The predicted molar refractivity (Wildman–Crippen MR) is 120 cm³/mol. The Kier molecular flexibility index (Phi) is 6.10. The van der Waals surface area contributed by atoms with Crippen molar-refractivity contribution in [1.29, 1.82) is 0 Å². The summed E-state index contributed by atoms with van der Waals surface area (Å²) in [7, 11) is 0. The van der Waals surface area contributed by atoms with Crippen LogP contribution in [0.3, 0.4) is 0 Å². The minimum absolute atomic E-state index is 0.0902. The zero-order valence-electron chi connectivity index (χ0n) is 19.0. The van der Waals surface area contributed by atoms with E-state index in [1.807, 2.05) is 20.8 Å². The predicted octanol–water partition coefficient (Wildman–Crippen LogP) is 4.65. The second kappa shape index (κ2) is 8.84. The summed E-state index contributed by atoms with van der Waals surface area (Å²) in [4.78, 5) is 40.6. The van der Waals surface area contributed by atoms with Crippen LogP contribution < -0.4 is 9.64 Å². The molecule has 2 aliphatic rings. The van der Waals surface area contributed by atoms with E-state index in [1.54, 1.807) is 29.2 Å². The maximum atomic E-state index is 14.1. The number of halogens is 1. The zero-order valence-corrected chi connectivity index (χ0v) is 19.0. The summed E-state index contributed by atoms with van der Waals surface area (Å²) < 4.78 is 25.5. The fraction of sp³-hybridized carbons (Fsp3) is 0.400. The Morgan fingerprint density at radius 1 is 1.03 bits per heavy atom. The molecule has 2 aromatic rings. The molecule has 0 spiro atoms. The summed E-state index contributed by atoms with van der Waals surface area (Å²) in [5.74, 6) is -1.14. The number of rotatable bonds is 4. The highest BCUT2D eigenvalue weighted by Gasteiger charge is 2.38. The molecule has 7 nitrogen and oxygen atoms in total. The van der Waals surface area contributed by atoms with E-state index in [1.165, 1.54) is 12.1 Å². The molecule has 0 saturated carbocycles. The molecule has 2 aromatic carbocycles. The molecule has 174 valence electrons. The molecule has 0 aliphatic carbocycles. The Labute approximate surface area is 192 Å². The molecule has 0 radical (unpaired) electrons. The van der Waals surface area contributed by atoms with Crippen molar-refractivity contribution in [3.63, 3.8) is 0 Å². The molecule has 1 fully saturated rings. The van der Waals surface area contributed by atoms with Gasteiger partial charge in [-0.2, -0.15) is 0 Å². The van der Waals surface area contributed by atoms with E-state index in [2.05, 4.69) is 0 Å². The van der Waals surface area contributed by atoms with E-state index in [0.29, 0.717) is 19.7 Å². The van der Waals surface area contributed by atoms with E-state index in [4.69, 9.17) is 9.47 Å². The lowest BCUT2D eigenvalue weighted by atomic mass is 9.98. The number of imide groups is 1. The first kappa shape index (κ1) is 22.8. The summed E-state index contributed by atoms with van der Waals surface area (Å²) in [5.41, 5.74) is 0.118. The number of anilines is 1. The number of amides is 3. The third-order valence-electron chi connectivity index (χ3n) is 5.70. The summed E-state index contributed by atoms with van der Waals surface area (Å²) in [6, 6.07) is 10.3. The van der Waals surface area contributed by atoms with Crippen LogP contribution >= 0.6 is 0 Å². The Morgan fingerprint density at radius 2 is 1.64 bits per heavy atom. The van der Waals surface area contributed by atoms with Crippen LogP contribution in [0.25, 0.3) is 0 Å². The van der Waals surface area contributed by atoms with Gasteiger partial charge < -0.3 is 14.4 Å². The highest BCUT2D eigenvalue weighted by atomic mass is 19.1. The lowest BCUT2D eigenvalue weighted by molar-refractivity contribution is 0.0165. The molecular weight excluding hydrogens is 427 g/mol. The average molecular weight is 454 g/mol. The van der Waals surface area contributed by atoms with Crippen molar-refractivity contribution < 1.29 is 28.2 Å². The fourth-order valence-corrected chi connectivity index (χ4v) is 4.01. The summed E-state index contributed by atoms with van der Waals surface area (Å²) in [6.07, 6.45) is 1.12. The van der Waals surface area contributed by atoms with Gasteiger partial charge in [0.05, 0.1) is 23.4 Å². The van der Waals surface area contributed by atoms with Crippen molar-refractivity contribution in [2.75, 3.05) is 24.6 Å². The van der Waals surface area contributed by atoms with Crippen LogP contribution in [0.5, 0.6) is 5.75 Å². The molecular formula is C25H27FN2O5. The third-order valence-corrected chi connectivity index (χ3v) is 5.70. The Bertz CT molecular complexity index is 1050. The topological polar surface area (TPSA) is 76.2 Å². The van der Waals surface area contributed by atoms with Crippen LogP contribution in [0, 0.1) is 11.7 Å². The number of hydrogen-bond donors (Lipinski definition) is 0. The first-order valence-electron chi connectivity index (χ1n) is 11.0. The van der Waals surface area contributed by atoms with E-state index < -0.39 is 23.2 Å². The van der Waals surface area contributed by atoms with Gasteiger partial charge in [-0.15, -0.1) is 0 Å². The Balaban J connectivity index is 1.42. The van der Waals surface area contributed by atoms with Gasteiger partial charge in [0, 0.05) is 19.2 Å². The summed E-state index contributed by atoms with van der Waals surface area (Å²) >= 11 is 0. The fourth-order valence-electron chi connectivity index (χ4n) is 4.01. The van der Waals surface area contributed by atoms with Gasteiger partial charge in [0.2, 0.25) is 0 Å². The normalized spacial score (nSPS) is 16.7. The van der Waals surface area contributed by atoms with Crippen molar-refractivity contribution in [2.24, 2.45) is 5.92 Å². The smallest absolute Gasteiger partial charge is 0.410 e. The van der Waals surface area contributed by atoms with Gasteiger partial charge in [0.25, 0.3) is 11.8 Å². The number of nitrogens with zero attached hydrogens (tertiary/aromatic N) is 2. The number of likely N-dealkylation sites (tertiary alicyclic amines) is 1. The highest BCUT2D eigenvalue weighted by molar-refractivity contribution is 6.34. The average Bonchev–Trinajstić information content (AvgIpc) is 3.02. The van der Waals surface area contributed by atoms with Crippen LogP contribution in [-0.2, 0) is 4.74 Å². The van der Waals surface area contributed by atoms with Gasteiger partial charge in [-0.1, -0.05) is 12.1 Å². The summed E-state index contributed by atoms with van der Waals surface area (Å²) in [6.45, 7) is 6.93. The molecule has 3 amide bonds. The number of hydrogen-bond acceptors (Lipinski definition) is 5. The largest absolute Gasteiger partial charge is 0.491 e. The molecule has 1 saturated heterocycles. The van der Waals surface area contributed by atoms with Gasteiger partial charge in [-0.25, -0.2) is 14.1 Å². The molecule has 0 atom stereocenters. The van der Waals surface area contributed by atoms with Gasteiger partial charge >= 0.3 is 6.09 Å². The number of ether oxygens (including phenoxy) is 2. The van der Waals surface area contributed by atoms with Crippen molar-refractivity contribution in [3.8, 4) is 5.75 Å². The van der Waals surface area contributed by atoms with Gasteiger partial charge in [-0.3, -0.25) is 9.59 Å². The second-order valence-corrected chi connectivity index (χ2v) is 9.33. The molecule has 2 aliphatic heterocycles. The molecule has 8 heteroatoms. The first-order valence-corrected chi connectivity index (χ1v) is 11.0. The van der Waals surface area contributed by atoms with Crippen LogP contribution in [0.1, 0.15) is 54.3 Å². The monoisotopic (exact) mass is 454 g/mol. The Morgan fingerprint density at radius 3 is 2.21 bits per heavy atom. The Hall–Kier alpha value is -3.42. The SMILES string of the molecule is CC(C)(C)OC(=O)N1CCC(COc2ccc(F)cc2N2C(=O)c3ccccc3C2=O)CC1. The van der Waals surface area contributed by atoms with Crippen molar-refractivity contribution in [3.05, 3.63) is 59.4 Å². The molecule has 0 aromatic heterocycles. The van der Waals surface area contributed by atoms with Crippen molar-refractivity contribution in [1.82, 2.24) is 4.90 Å². The van der Waals surface area contributed by atoms with Crippen LogP contribution in [-0.4, -0.2) is 48.1 Å². The van der Waals surface area contributed by atoms with E-state index in [9.17, 15) is 18.8 Å². The minimum Gasteiger partial charge on any atom is -0.491 e. The standard InChI is InChI=1S/C25H27FN2O5/c1-25(2,3)33-24(31)27-12-10-16(11-13-27)15-32-21-9-8-17(26)14-20(21)28-22(29)18-6-4-5-7-19(18)23(28)30/h4-9,14,16H,10-13,15H2,1-3H3. The maximum Gasteiger partial charge on any atom is 0.410 e. The van der Waals surface area contributed by atoms with Gasteiger partial charge in [0.1, 0.15) is 17.2 Å². The van der Waals surface area contributed by atoms with Crippen LogP contribution in [0.2, 0.25) is 0 Å². The van der Waals surface area contributed by atoms with Gasteiger partial charge in [-0.05, 0) is 63.8 Å². The highest BCUT2D eigenvalue weighted by Crippen LogP contribution is 2.36. The number of fused-ring (bicyclic) bond motifs is 1. The minimum atomic E-state index is -0.570. The van der Waals surface area contributed by atoms with Crippen LogP contribution in [0.15, 0.2) is 42.5 Å². The quantitative estimate of drug-likeness (QED) is 0.629. The lowest BCUT2D eigenvalue weighted by Gasteiger charge is -2.33. The van der Waals surface area contributed by atoms with Crippen molar-refractivity contribution in [2.45, 2.75) is 39.2 Å².